The summed E-state index contributed by atoms with van der Waals surface area (Å²) in [6, 6.07) is 3.85. The van der Waals surface area contributed by atoms with E-state index in [1.54, 1.807) is 0 Å². The summed E-state index contributed by atoms with van der Waals surface area (Å²) in [5, 5.41) is 0. The van der Waals surface area contributed by atoms with Crippen LogP contribution in [0.15, 0.2) is 18.2 Å². The van der Waals surface area contributed by atoms with Gasteiger partial charge in [-0.25, -0.2) is 4.39 Å². The third-order valence-electron chi connectivity index (χ3n) is 1.47. The zero-order chi connectivity index (χ0) is 9.84. The molecule has 0 unspecified atom stereocenters. The maximum absolute atomic E-state index is 12.7. The van der Waals surface area contributed by atoms with Crippen LogP contribution in [0.25, 0.3) is 0 Å². The van der Waals surface area contributed by atoms with Crippen LogP contribution in [-0.2, 0) is 0 Å². The number of hydrogen-bond donors (Lipinski definition) is 0. The van der Waals surface area contributed by atoms with Crippen LogP contribution in [0, 0.1) is 5.82 Å². The molecule has 13 heavy (non-hydrogen) atoms. The average Bonchev–Trinajstić information content (AvgIpc) is 2.03. The second kappa shape index (κ2) is 4.03. The first kappa shape index (κ1) is 9.71. The smallest absolute Gasteiger partial charge is 0.153 e. The minimum Gasteiger partial charge on any atom is -0.490 e. The molecule has 0 aromatic heterocycles. The summed E-state index contributed by atoms with van der Waals surface area (Å²) in [7, 11) is 0. The highest BCUT2D eigenvalue weighted by Gasteiger charge is 2.05. The monoisotopic (exact) mass is 182 g/mol. The number of halogens is 1. The van der Waals surface area contributed by atoms with Gasteiger partial charge in [-0.1, -0.05) is 0 Å². The predicted octanol–water partition coefficient (Wildman–Crippen LogP) is 2.43. The Morgan fingerprint density at radius 1 is 1.46 bits per heavy atom. The molecule has 0 N–H and O–H groups in total. The lowest BCUT2D eigenvalue weighted by Crippen LogP contribution is -2.07. The first-order valence-corrected chi connectivity index (χ1v) is 4.05. The molecule has 0 amide bonds. The molecule has 0 aliphatic carbocycles. The molecule has 0 radical (unpaired) electrons. The standard InChI is InChI=1S/C10H11FO2/c1-7(2)13-10-5-9(11)4-3-8(10)6-12/h3-7H,1-2H3. The fraction of sp³-hybridized carbons (Fsp3) is 0.300. The molecule has 0 saturated heterocycles. The van der Waals surface area contributed by atoms with Gasteiger partial charge >= 0.3 is 0 Å². The lowest BCUT2D eigenvalue weighted by molar-refractivity contribution is 0.111. The Balaban J connectivity index is 3.01. The molecule has 0 saturated carbocycles. The number of carbonyl (C=O) groups is 1. The summed E-state index contributed by atoms with van der Waals surface area (Å²) in [5.74, 6) is -0.105. The van der Waals surface area contributed by atoms with E-state index in [0.29, 0.717) is 17.6 Å². The summed E-state index contributed by atoms with van der Waals surface area (Å²) in [6.45, 7) is 3.64. The van der Waals surface area contributed by atoms with E-state index in [1.807, 2.05) is 13.8 Å². The minimum absolute atomic E-state index is 0.0690. The van der Waals surface area contributed by atoms with Crippen molar-refractivity contribution in [1.29, 1.82) is 0 Å². The van der Waals surface area contributed by atoms with Crippen LogP contribution in [0.5, 0.6) is 5.75 Å². The molecule has 0 atom stereocenters. The Labute approximate surface area is 76.3 Å². The van der Waals surface area contributed by atoms with Gasteiger partial charge in [0.15, 0.2) is 6.29 Å². The number of hydrogen-bond acceptors (Lipinski definition) is 2. The van der Waals surface area contributed by atoms with Crippen molar-refractivity contribution in [1.82, 2.24) is 0 Å². The predicted molar refractivity (Wildman–Crippen MR) is 47.6 cm³/mol. The Kier molecular flexibility index (Phi) is 3.01. The third-order valence-corrected chi connectivity index (χ3v) is 1.47. The van der Waals surface area contributed by atoms with Crippen LogP contribution in [0.4, 0.5) is 4.39 Å². The van der Waals surface area contributed by atoms with Gasteiger partial charge in [-0.2, -0.15) is 0 Å². The molecule has 0 spiro atoms. The Morgan fingerprint density at radius 3 is 2.69 bits per heavy atom. The van der Waals surface area contributed by atoms with E-state index in [0.717, 1.165) is 0 Å². The molecule has 1 aromatic rings. The van der Waals surface area contributed by atoms with Gasteiger partial charge in [0.05, 0.1) is 11.7 Å². The molecule has 0 aliphatic rings. The summed E-state index contributed by atoms with van der Waals surface area (Å²) in [6.07, 6.45) is 0.581. The molecular weight excluding hydrogens is 171 g/mol. The van der Waals surface area contributed by atoms with Crippen LogP contribution in [-0.4, -0.2) is 12.4 Å². The molecule has 0 bridgehead atoms. The zero-order valence-electron chi connectivity index (χ0n) is 7.58. The summed E-state index contributed by atoms with van der Waals surface area (Å²) in [4.78, 5) is 10.5. The SMILES string of the molecule is CC(C)Oc1cc(F)ccc1C=O. The van der Waals surface area contributed by atoms with Gasteiger partial charge in [-0.05, 0) is 26.0 Å². The Morgan fingerprint density at radius 2 is 2.15 bits per heavy atom. The van der Waals surface area contributed by atoms with Gasteiger partial charge < -0.3 is 4.74 Å². The van der Waals surface area contributed by atoms with Gasteiger partial charge in [0.2, 0.25) is 0 Å². The van der Waals surface area contributed by atoms with E-state index in [4.69, 9.17) is 4.74 Å². The average molecular weight is 182 g/mol. The number of ether oxygens (including phenoxy) is 1. The van der Waals surface area contributed by atoms with E-state index < -0.39 is 5.82 Å². The fourth-order valence-corrected chi connectivity index (χ4v) is 0.962. The van der Waals surface area contributed by atoms with Crippen molar-refractivity contribution in [3.63, 3.8) is 0 Å². The van der Waals surface area contributed by atoms with Crippen molar-refractivity contribution in [2.75, 3.05) is 0 Å². The van der Waals surface area contributed by atoms with Crippen molar-refractivity contribution >= 4 is 6.29 Å². The van der Waals surface area contributed by atoms with Gasteiger partial charge in [0.1, 0.15) is 11.6 Å². The van der Waals surface area contributed by atoms with Gasteiger partial charge in [-0.3, -0.25) is 4.79 Å². The summed E-state index contributed by atoms with van der Waals surface area (Å²) in [5.41, 5.74) is 0.370. The molecule has 1 aromatic carbocycles. The highest BCUT2D eigenvalue weighted by atomic mass is 19.1. The van der Waals surface area contributed by atoms with Gasteiger partial charge in [0, 0.05) is 6.07 Å². The first-order valence-electron chi connectivity index (χ1n) is 4.05. The van der Waals surface area contributed by atoms with Crippen molar-refractivity contribution < 1.29 is 13.9 Å². The van der Waals surface area contributed by atoms with E-state index in [-0.39, 0.29) is 6.10 Å². The van der Waals surface area contributed by atoms with Crippen molar-refractivity contribution in [2.24, 2.45) is 0 Å². The normalized spacial score (nSPS) is 10.2. The quantitative estimate of drug-likeness (QED) is 0.671. The molecule has 0 aliphatic heterocycles. The van der Waals surface area contributed by atoms with E-state index in [1.165, 1.54) is 18.2 Å². The van der Waals surface area contributed by atoms with Crippen molar-refractivity contribution in [3.8, 4) is 5.75 Å². The van der Waals surface area contributed by atoms with E-state index in [2.05, 4.69) is 0 Å². The largest absolute Gasteiger partial charge is 0.490 e. The van der Waals surface area contributed by atoms with Crippen LogP contribution in [0.2, 0.25) is 0 Å². The summed E-state index contributed by atoms with van der Waals surface area (Å²) >= 11 is 0. The van der Waals surface area contributed by atoms with E-state index >= 15 is 0 Å². The van der Waals surface area contributed by atoms with Gasteiger partial charge in [0.25, 0.3) is 0 Å². The lowest BCUT2D eigenvalue weighted by Gasteiger charge is -2.11. The highest BCUT2D eigenvalue weighted by Crippen LogP contribution is 2.19. The van der Waals surface area contributed by atoms with Crippen LogP contribution in [0.3, 0.4) is 0 Å². The number of rotatable bonds is 3. The molecule has 0 heterocycles. The second-order valence-electron chi connectivity index (χ2n) is 2.97. The number of aldehydes is 1. The fourth-order valence-electron chi connectivity index (χ4n) is 0.962. The van der Waals surface area contributed by atoms with Crippen LogP contribution in [0.1, 0.15) is 24.2 Å². The maximum atomic E-state index is 12.7. The lowest BCUT2D eigenvalue weighted by atomic mass is 10.2. The first-order chi connectivity index (χ1) is 6.13. The molecule has 1 rings (SSSR count). The molecule has 0 fully saturated rings. The molecule has 70 valence electrons. The maximum Gasteiger partial charge on any atom is 0.153 e. The highest BCUT2D eigenvalue weighted by molar-refractivity contribution is 5.79. The van der Waals surface area contributed by atoms with Crippen molar-refractivity contribution in [3.05, 3.63) is 29.6 Å². The summed E-state index contributed by atoms with van der Waals surface area (Å²) < 4.78 is 18.0. The molecule has 3 heteroatoms. The van der Waals surface area contributed by atoms with Crippen LogP contribution < -0.4 is 4.74 Å². The van der Waals surface area contributed by atoms with Gasteiger partial charge in [-0.15, -0.1) is 0 Å². The third kappa shape index (κ3) is 2.54. The Hall–Kier alpha value is -1.38. The topological polar surface area (TPSA) is 26.3 Å². The van der Waals surface area contributed by atoms with Crippen molar-refractivity contribution in [2.45, 2.75) is 20.0 Å². The van der Waals surface area contributed by atoms with Crippen LogP contribution >= 0.6 is 0 Å². The Bertz CT molecular complexity index is 308. The van der Waals surface area contributed by atoms with E-state index in [9.17, 15) is 9.18 Å². The minimum atomic E-state index is -0.402. The molecule has 2 nitrogen and oxygen atoms in total. The number of carbonyl (C=O) groups excluding carboxylic acids is 1. The zero-order valence-corrected chi connectivity index (χ0v) is 7.58. The second-order valence-corrected chi connectivity index (χ2v) is 2.97. The molecular formula is C10H11FO2. The number of benzene rings is 1.